The van der Waals surface area contributed by atoms with Crippen molar-refractivity contribution in [2.24, 2.45) is 0 Å². The van der Waals surface area contributed by atoms with Gasteiger partial charge in [-0.15, -0.1) is 0 Å². The maximum atomic E-state index is 11.5. The molecule has 0 amide bonds. The van der Waals surface area contributed by atoms with Crippen LogP contribution in [0.4, 0.5) is 5.95 Å². The van der Waals surface area contributed by atoms with Gasteiger partial charge >= 0.3 is 5.97 Å². The van der Waals surface area contributed by atoms with Crippen molar-refractivity contribution in [2.45, 2.75) is 32.0 Å². The summed E-state index contributed by atoms with van der Waals surface area (Å²) in [6, 6.07) is 0. The zero-order valence-corrected chi connectivity index (χ0v) is 10.9. The topological polar surface area (TPSA) is 64.5 Å². The minimum atomic E-state index is -0.379. The molecular formula is C13H17N3O3. The molecule has 3 rings (SSSR count). The van der Waals surface area contributed by atoms with E-state index in [1.54, 1.807) is 6.92 Å². The van der Waals surface area contributed by atoms with E-state index in [0.717, 1.165) is 25.9 Å². The van der Waals surface area contributed by atoms with Crippen LogP contribution in [-0.2, 0) is 9.47 Å². The monoisotopic (exact) mass is 263 g/mol. The first-order valence-electron chi connectivity index (χ1n) is 6.66. The quantitative estimate of drug-likeness (QED) is 0.759. The molecule has 6 nitrogen and oxygen atoms in total. The highest BCUT2D eigenvalue weighted by Crippen LogP contribution is 2.27. The summed E-state index contributed by atoms with van der Waals surface area (Å²) in [5.41, 5.74) is 0.391. The molecule has 3 heterocycles. The largest absolute Gasteiger partial charge is 0.462 e. The van der Waals surface area contributed by atoms with E-state index in [0.29, 0.717) is 30.3 Å². The second kappa shape index (κ2) is 5.13. The number of esters is 1. The predicted molar refractivity (Wildman–Crippen MR) is 68.1 cm³/mol. The Kier molecular flexibility index (Phi) is 3.33. The second-order valence-electron chi connectivity index (χ2n) is 4.85. The number of anilines is 1. The van der Waals surface area contributed by atoms with E-state index in [9.17, 15) is 4.79 Å². The standard InChI is InChI=1S/C13H17N3O3/c1-2-18-12(17)9-5-14-13(15-6-9)16-7-10-3-4-11(8-16)19-10/h5-6,10-11H,2-4,7-8H2,1H3. The highest BCUT2D eigenvalue weighted by Gasteiger charge is 2.34. The second-order valence-corrected chi connectivity index (χ2v) is 4.85. The fourth-order valence-corrected chi connectivity index (χ4v) is 2.58. The molecule has 0 aromatic carbocycles. The van der Waals surface area contributed by atoms with Crippen molar-refractivity contribution in [2.75, 3.05) is 24.6 Å². The zero-order chi connectivity index (χ0) is 13.2. The smallest absolute Gasteiger partial charge is 0.341 e. The SMILES string of the molecule is CCOC(=O)c1cnc(N2CC3CCC(C2)O3)nc1. The molecule has 2 fully saturated rings. The zero-order valence-electron chi connectivity index (χ0n) is 10.9. The van der Waals surface area contributed by atoms with Gasteiger partial charge in [-0.3, -0.25) is 0 Å². The molecule has 102 valence electrons. The van der Waals surface area contributed by atoms with Gasteiger partial charge in [0.1, 0.15) is 0 Å². The molecule has 0 aliphatic carbocycles. The molecule has 2 aliphatic rings. The number of nitrogens with zero attached hydrogens (tertiary/aromatic N) is 3. The Labute approximate surface area is 111 Å². The van der Waals surface area contributed by atoms with Crippen LogP contribution in [0, 0.1) is 0 Å². The van der Waals surface area contributed by atoms with Crippen molar-refractivity contribution in [1.29, 1.82) is 0 Å². The van der Waals surface area contributed by atoms with Gasteiger partial charge in [0.25, 0.3) is 0 Å². The fourth-order valence-electron chi connectivity index (χ4n) is 2.58. The number of aromatic nitrogens is 2. The van der Waals surface area contributed by atoms with Gasteiger partial charge in [0, 0.05) is 25.5 Å². The summed E-state index contributed by atoms with van der Waals surface area (Å²) in [6.45, 7) is 3.79. The minimum Gasteiger partial charge on any atom is -0.462 e. The number of hydrogen-bond acceptors (Lipinski definition) is 6. The average molecular weight is 263 g/mol. The summed E-state index contributed by atoms with van der Waals surface area (Å²) in [6.07, 6.45) is 5.87. The Morgan fingerprint density at radius 3 is 2.58 bits per heavy atom. The van der Waals surface area contributed by atoms with Crippen LogP contribution in [0.5, 0.6) is 0 Å². The Bertz CT molecular complexity index is 451. The number of carbonyl (C=O) groups excluding carboxylic acids is 1. The lowest BCUT2D eigenvalue weighted by molar-refractivity contribution is 0.0299. The van der Waals surface area contributed by atoms with Gasteiger partial charge in [-0.2, -0.15) is 0 Å². The molecule has 0 radical (unpaired) electrons. The number of rotatable bonds is 3. The Hall–Kier alpha value is -1.69. The maximum Gasteiger partial charge on any atom is 0.341 e. The maximum absolute atomic E-state index is 11.5. The van der Waals surface area contributed by atoms with Crippen LogP contribution in [0.1, 0.15) is 30.1 Å². The van der Waals surface area contributed by atoms with E-state index < -0.39 is 0 Å². The Morgan fingerprint density at radius 2 is 2.00 bits per heavy atom. The van der Waals surface area contributed by atoms with Crippen molar-refractivity contribution in [3.63, 3.8) is 0 Å². The van der Waals surface area contributed by atoms with Crippen molar-refractivity contribution < 1.29 is 14.3 Å². The van der Waals surface area contributed by atoms with E-state index in [1.807, 2.05) is 0 Å². The molecule has 2 bridgehead atoms. The first kappa shape index (κ1) is 12.3. The first-order valence-corrected chi connectivity index (χ1v) is 6.66. The molecule has 0 N–H and O–H groups in total. The molecule has 2 aliphatic heterocycles. The number of morpholine rings is 1. The van der Waals surface area contributed by atoms with E-state index in [-0.39, 0.29) is 5.97 Å². The minimum absolute atomic E-state index is 0.298. The van der Waals surface area contributed by atoms with E-state index in [1.165, 1.54) is 12.4 Å². The van der Waals surface area contributed by atoms with Gasteiger partial charge in [-0.1, -0.05) is 0 Å². The molecular weight excluding hydrogens is 246 g/mol. The first-order chi connectivity index (χ1) is 9.26. The average Bonchev–Trinajstić information content (AvgIpc) is 2.78. The fraction of sp³-hybridized carbons (Fsp3) is 0.615. The third kappa shape index (κ3) is 2.53. The molecule has 1 aromatic rings. The Balaban J connectivity index is 1.70. The predicted octanol–water partition coefficient (Wildman–Crippen LogP) is 1.02. The molecule has 1 aromatic heterocycles. The van der Waals surface area contributed by atoms with Gasteiger partial charge in [0.2, 0.25) is 5.95 Å². The van der Waals surface area contributed by atoms with Crippen LogP contribution in [0.2, 0.25) is 0 Å². The van der Waals surface area contributed by atoms with Crippen molar-refractivity contribution in [1.82, 2.24) is 9.97 Å². The van der Waals surface area contributed by atoms with Crippen molar-refractivity contribution in [3.05, 3.63) is 18.0 Å². The highest BCUT2D eigenvalue weighted by molar-refractivity contribution is 5.88. The lowest BCUT2D eigenvalue weighted by Crippen LogP contribution is -2.43. The van der Waals surface area contributed by atoms with Crippen LogP contribution in [-0.4, -0.2) is 47.8 Å². The van der Waals surface area contributed by atoms with Crippen molar-refractivity contribution >= 4 is 11.9 Å². The summed E-state index contributed by atoms with van der Waals surface area (Å²) in [5.74, 6) is 0.282. The number of ether oxygens (including phenoxy) is 2. The van der Waals surface area contributed by atoms with Gasteiger partial charge in [0.05, 0.1) is 24.4 Å². The van der Waals surface area contributed by atoms with Gasteiger partial charge in [0.15, 0.2) is 0 Å². The normalized spacial score (nSPS) is 25.4. The molecule has 19 heavy (non-hydrogen) atoms. The Morgan fingerprint density at radius 1 is 1.37 bits per heavy atom. The molecule has 6 heteroatoms. The molecule has 2 atom stereocenters. The summed E-state index contributed by atoms with van der Waals surface area (Å²) >= 11 is 0. The van der Waals surface area contributed by atoms with Crippen LogP contribution in [0.3, 0.4) is 0 Å². The van der Waals surface area contributed by atoms with E-state index in [2.05, 4.69) is 14.9 Å². The van der Waals surface area contributed by atoms with Crippen LogP contribution in [0.25, 0.3) is 0 Å². The molecule has 0 spiro atoms. The van der Waals surface area contributed by atoms with Crippen LogP contribution < -0.4 is 4.90 Å². The summed E-state index contributed by atoms with van der Waals surface area (Å²) in [4.78, 5) is 22.2. The third-order valence-electron chi connectivity index (χ3n) is 3.48. The van der Waals surface area contributed by atoms with Gasteiger partial charge in [-0.25, -0.2) is 14.8 Å². The van der Waals surface area contributed by atoms with E-state index in [4.69, 9.17) is 9.47 Å². The lowest BCUT2D eigenvalue weighted by atomic mass is 10.2. The number of carbonyl (C=O) groups is 1. The van der Waals surface area contributed by atoms with Crippen LogP contribution >= 0.6 is 0 Å². The summed E-state index contributed by atoms with van der Waals surface area (Å²) < 4.78 is 10.7. The summed E-state index contributed by atoms with van der Waals surface area (Å²) in [5, 5.41) is 0. The van der Waals surface area contributed by atoms with Gasteiger partial charge in [-0.05, 0) is 19.8 Å². The highest BCUT2D eigenvalue weighted by atomic mass is 16.5. The van der Waals surface area contributed by atoms with Crippen LogP contribution in [0.15, 0.2) is 12.4 Å². The summed E-state index contributed by atoms with van der Waals surface area (Å²) in [7, 11) is 0. The molecule has 2 saturated heterocycles. The molecule has 2 unspecified atom stereocenters. The molecule has 0 saturated carbocycles. The van der Waals surface area contributed by atoms with Gasteiger partial charge < -0.3 is 14.4 Å². The lowest BCUT2D eigenvalue weighted by Gasteiger charge is -2.31. The number of fused-ring (bicyclic) bond motifs is 2. The van der Waals surface area contributed by atoms with E-state index >= 15 is 0 Å². The number of hydrogen-bond donors (Lipinski definition) is 0. The third-order valence-corrected chi connectivity index (χ3v) is 3.48. The van der Waals surface area contributed by atoms with Crippen molar-refractivity contribution in [3.8, 4) is 0 Å².